The summed E-state index contributed by atoms with van der Waals surface area (Å²) in [5, 5.41) is 0.651. The molecule has 0 saturated heterocycles. The number of carbonyl (C=O) groups is 1. The number of benzene rings is 2. The van der Waals surface area contributed by atoms with E-state index in [1.807, 2.05) is 57.2 Å². The first-order chi connectivity index (χ1) is 12.7. The lowest BCUT2D eigenvalue weighted by Gasteiger charge is -2.38. The Labute approximate surface area is 173 Å². The molecule has 144 valence electrons. The van der Waals surface area contributed by atoms with E-state index in [1.54, 1.807) is 12.0 Å². The number of nitrogens with zero attached hydrogens (tertiary/aromatic N) is 1. The Morgan fingerprint density at radius 3 is 2.63 bits per heavy atom. The normalized spacial score (nSPS) is 16.7. The summed E-state index contributed by atoms with van der Waals surface area (Å²) in [4.78, 5) is 14.9. The van der Waals surface area contributed by atoms with Gasteiger partial charge in [-0.2, -0.15) is 0 Å². The van der Waals surface area contributed by atoms with E-state index in [0.29, 0.717) is 5.02 Å². The molecule has 0 aliphatic carbocycles. The molecule has 0 saturated carbocycles. The second kappa shape index (κ2) is 7.72. The zero-order valence-corrected chi connectivity index (χ0v) is 18.2. The van der Waals surface area contributed by atoms with Gasteiger partial charge >= 0.3 is 6.09 Å². The highest BCUT2D eigenvalue weighted by atomic mass is 79.9. The first kappa shape index (κ1) is 20.0. The van der Waals surface area contributed by atoms with Crippen molar-refractivity contribution in [3.05, 3.63) is 57.0 Å². The smallest absolute Gasteiger partial charge is 0.415 e. The first-order valence-electron chi connectivity index (χ1n) is 8.83. The summed E-state index contributed by atoms with van der Waals surface area (Å²) in [5.41, 5.74) is 2.29. The van der Waals surface area contributed by atoms with Gasteiger partial charge in [0.05, 0.1) is 23.3 Å². The number of amides is 1. The topological polar surface area (TPSA) is 38.8 Å². The quantitative estimate of drug-likeness (QED) is 0.519. The van der Waals surface area contributed by atoms with Gasteiger partial charge in [0.15, 0.2) is 0 Å². The number of aryl methyl sites for hydroxylation is 1. The van der Waals surface area contributed by atoms with E-state index in [-0.39, 0.29) is 12.1 Å². The lowest BCUT2D eigenvalue weighted by atomic mass is 9.91. The maximum absolute atomic E-state index is 13.1. The third-order valence-electron chi connectivity index (χ3n) is 4.44. The molecule has 0 N–H and O–H groups in total. The molecule has 1 aliphatic heterocycles. The number of halogens is 2. The van der Waals surface area contributed by atoms with E-state index in [9.17, 15) is 4.79 Å². The molecular formula is C21H23BrClNO3. The van der Waals surface area contributed by atoms with Gasteiger partial charge in [-0.3, -0.25) is 4.90 Å². The monoisotopic (exact) mass is 451 g/mol. The number of anilines is 1. The third-order valence-corrected chi connectivity index (χ3v) is 5.29. The molecule has 0 radical (unpaired) electrons. The number of ether oxygens (including phenoxy) is 2. The number of rotatable bonds is 2. The van der Waals surface area contributed by atoms with E-state index in [1.165, 1.54) is 0 Å². The second-order valence-corrected chi connectivity index (χ2v) is 8.87. The zero-order chi connectivity index (χ0) is 19.8. The van der Waals surface area contributed by atoms with Crippen LogP contribution in [0.1, 0.15) is 44.4 Å². The SMILES string of the molecule is COc1cc2c(cc1Br)N(C(=O)OC(C)(C)C)C(c1cccc(Cl)c1)CC2. The van der Waals surface area contributed by atoms with Gasteiger partial charge in [-0.15, -0.1) is 0 Å². The maximum atomic E-state index is 13.1. The zero-order valence-electron chi connectivity index (χ0n) is 15.9. The Hall–Kier alpha value is -1.72. The number of hydrogen-bond donors (Lipinski definition) is 0. The van der Waals surface area contributed by atoms with Crippen molar-refractivity contribution in [3.63, 3.8) is 0 Å². The van der Waals surface area contributed by atoms with Crippen LogP contribution in [0.4, 0.5) is 10.5 Å². The van der Waals surface area contributed by atoms with Crippen LogP contribution < -0.4 is 9.64 Å². The average molecular weight is 453 g/mol. The molecule has 0 spiro atoms. The summed E-state index contributed by atoms with van der Waals surface area (Å²) < 4.78 is 11.9. The standard InChI is InChI=1S/C21H23BrClNO3/c1-21(2,3)27-20(25)24-17(13-6-5-7-15(23)10-13)9-8-14-11-19(26-4)16(22)12-18(14)24/h5-7,10-12,17H,8-9H2,1-4H3. The molecule has 1 heterocycles. The van der Waals surface area contributed by atoms with Crippen LogP contribution in [0.15, 0.2) is 40.9 Å². The van der Waals surface area contributed by atoms with Crippen molar-refractivity contribution < 1.29 is 14.3 Å². The molecule has 1 aliphatic rings. The molecule has 1 unspecified atom stereocenters. The van der Waals surface area contributed by atoms with Crippen molar-refractivity contribution in [1.82, 2.24) is 0 Å². The maximum Gasteiger partial charge on any atom is 0.415 e. The Balaban J connectivity index is 2.10. The van der Waals surface area contributed by atoms with Gasteiger partial charge in [-0.25, -0.2) is 4.79 Å². The van der Waals surface area contributed by atoms with Gasteiger partial charge in [0, 0.05) is 5.02 Å². The number of carbonyl (C=O) groups excluding carboxylic acids is 1. The van der Waals surface area contributed by atoms with Gasteiger partial charge in [-0.1, -0.05) is 23.7 Å². The van der Waals surface area contributed by atoms with E-state index < -0.39 is 5.60 Å². The molecule has 0 bridgehead atoms. The fourth-order valence-corrected chi connectivity index (χ4v) is 4.01. The highest BCUT2D eigenvalue weighted by Crippen LogP contribution is 2.43. The van der Waals surface area contributed by atoms with Crippen LogP contribution in [-0.2, 0) is 11.2 Å². The average Bonchev–Trinajstić information content (AvgIpc) is 2.58. The predicted molar refractivity (Wildman–Crippen MR) is 112 cm³/mol. The minimum absolute atomic E-state index is 0.147. The summed E-state index contributed by atoms with van der Waals surface area (Å²) in [6.07, 6.45) is 1.23. The molecule has 4 nitrogen and oxygen atoms in total. The van der Waals surface area contributed by atoms with E-state index >= 15 is 0 Å². The molecular weight excluding hydrogens is 430 g/mol. The number of hydrogen-bond acceptors (Lipinski definition) is 3. The summed E-state index contributed by atoms with van der Waals surface area (Å²) in [6.45, 7) is 5.61. The largest absolute Gasteiger partial charge is 0.496 e. The molecule has 0 fully saturated rings. The summed E-state index contributed by atoms with van der Waals surface area (Å²) in [6, 6.07) is 11.4. The summed E-state index contributed by atoms with van der Waals surface area (Å²) in [5.74, 6) is 0.749. The highest BCUT2D eigenvalue weighted by molar-refractivity contribution is 9.10. The third kappa shape index (κ3) is 4.41. The lowest BCUT2D eigenvalue weighted by Crippen LogP contribution is -2.42. The van der Waals surface area contributed by atoms with E-state index in [2.05, 4.69) is 15.9 Å². The minimum Gasteiger partial charge on any atom is -0.496 e. The van der Waals surface area contributed by atoms with Crippen molar-refractivity contribution in [1.29, 1.82) is 0 Å². The van der Waals surface area contributed by atoms with Crippen LogP contribution in [0.5, 0.6) is 5.75 Å². The van der Waals surface area contributed by atoms with Crippen molar-refractivity contribution in [2.75, 3.05) is 12.0 Å². The highest BCUT2D eigenvalue weighted by Gasteiger charge is 2.35. The Morgan fingerprint density at radius 1 is 1.26 bits per heavy atom. The van der Waals surface area contributed by atoms with Crippen LogP contribution in [0, 0.1) is 0 Å². The van der Waals surface area contributed by atoms with Crippen molar-refractivity contribution in [3.8, 4) is 5.75 Å². The van der Waals surface area contributed by atoms with Crippen molar-refractivity contribution in [2.24, 2.45) is 0 Å². The summed E-state index contributed by atoms with van der Waals surface area (Å²) >= 11 is 9.74. The molecule has 27 heavy (non-hydrogen) atoms. The van der Waals surface area contributed by atoms with Crippen LogP contribution in [-0.4, -0.2) is 18.8 Å². The molecule has 3 rings (SSSR count). The second-order valence-electron chi connectivity index (χ2n) is 7.58. The molecule has 2 aromatic carbocycles. The molecule has 2 aromatic rings. The van der Waals surface area contributed by atoms with Gasteiger partial charge in [0.2, 0.25) is 0 Å². The van der Waals surface area contributed by atoms with E-state index in [0.717, 1.165) is 39.9 Å². The minimum atomic E-state index is -0.586. The van der Waals surface area contributed by atoms with Crippen molar-refractivity contribution >= 4 is 39.3 Å². The van der Waals surface area contributed by atoms with E-state index in [4.69, 9.17) is 21.1 Å². The van der Waals surface area contributed by atoms with Gasteiger partial charge in [0.25, 0.3) is 0 Å². The Kier molecular flexibility index (Phi) is 5.73. The van der Waals surface area contributed by atoms with Crippen LogP contribution >= 0.6 is 27.5 Å². The Bertz CT molecular complexity index is 863. The fraction of sp³-hybridized carbons (Fsp3) is 0.381. The van der Waals surface area contributed by atoms with Gasteiger partial charge in [0.1, 0.15) is 11.4 Å². The number of methoxy groups -OCH3 is 1. The molecule has 0 aromatic heterocycles. The van der Waals surface area contributed by atoms with Crippen LogP contribution in [0.3, 0.4) is 0 Å². The summed E-state index contributed by atoms with van der Waals surface area (Å²) in [7, 11) is 1.63. The predicted octanol–water partition coefficient (Wildman–Crippen LogP) is 6.54. The molecule has 1 atom stereocenters. The molecule has 1 amide bonds. The van der Waals surface area contributed by atoms with Crippen LogP contribution in [0.25, 0.3) is 0 Å². The number of fused-ring (bicyclic) bond motifs is 1. The lowest BCUT2D eigenvalue weighted by molar-refractivity contribution is 0.0560. The first-order valence-corrected chi connectivity index (χ1v) is 10.0. The van der Waals surface area contributed by atoms with Crippen LogP contribution in [0.2, 0.25) is 5.02 Å². The fourth-order valence-electron chi connectivity index (χ4n) is 3.32. The Morgan fingerprint density at radius 2 is 2.00 bits per heavy atom. The van der Waals surface area contributed by atoms with Gasteiger partial charge in [-0.05, 0) is 84.9 Å². The van der Waals surface area contributed by atoms with Gasteiger partial charge < -0.3 is 9.47 Å². The molecule has 6 heteroatoms. The van der Waals surface area contributed by atoms with Crippen molar-refractivity contribution in [2.45, 2.75) is 45.3 Å².